The number of nitrogens with one attached hydrogen (secondary N) is 1. The minimum atomic E-state index is -0.699. The van der Waals surface area contributed by atoms with Gasteiger partial charge in [-0.15, -0.1) is 0 Å². The van der Waals surface area contributed by atoms with Gasteiger partial charge in [0, 0.05) is 0 Å². The Hall–Kier alpha value is -1.49. The van der Waals surface area contributed by atoms with Gasteiger partial charge in [-0.3, -0.25) is 4.79 Å². The van der Waals surface area contributed by atoms with Crippen molar-refractivity contribution in [1.29, 1.82) is 0 Å². The summed E-state index contributed by atoms with van der Waals surface area (Å²) in [6, 6.07) is 0. The highest BCUT2D eigenvalue weighted by atomic mass is 16.2. The fraction of sp³-hybridized carbons (Fsp3) is 0.500. The van der Waals surface area contributed by atoms with Crippen LogP contribution < -0.4 is 11.1 Å². The number of carbonyl (C=O) groups excluding carboxylic acids is 1. The van der Waals surface area contributed by atoms with E-state index in [0.29, 0.717) is 5.69 Å². The first-order valence-corrected chi connectivity index (χ1v) is 5.06. The molecule has 15 heavy (non-hydrogen) atoms. The summed E-state index contributed by atoms with van der Waals surface area (Å²) in [6.45, 7) is 0. The molecule has 1 aromatic heterocycles. The van der Waals surface area contributed by atoms with Gasteiger partial charge in [-0.1, -0.05) is 12.8 Å². The highest BCUT2D eigenvalue weighted by Crippen LogP contribution is 2.28. The number of anilines is 1. The summed E-state index contributed by atoms with van der Waals surface area (Å²) < 4.78 is 0. The van der Waals surface area contributed by atoms with Crippen LogP contribution in [0.3, 0.4) is 0 Å². The lowest BCUT2D eigenvalue weighted by molar-refractivity contribution is -0.121. The molecule has 1 aromatic rings. The Morgan fingerprint density at radius 2 is 1.93 bits per heavy atom. The largest absolute Gasteiger partial charge is 0.322 e. The fourth-order valence-electron chi connectivity index (χ4n) is 1.85. The number of nitrogens with two attached hydrogens (primary N) is 1. The number of hydrogen-bond acceptors (Lipinski definition) is 4. The molecule has 5 nitrogen and oxygen atoms in total. The first kappa shape index (κ1) is 10.0. The van der Waals surface area contributed by atoms with Gasteiger partial charge in [0.25, 0.3) is 0 Å². The van der Waals surface area contributed by atoms with Gasteiger partial charge >= 0.3 is 0 Å². The average Bonchev–Trinajstić information content (AvgIpc) is 2.68. The molecule has 3 N–H and O–H groups in total. The van der Waals surface area contributed by atoms with Crippen molar-refractivity contribution in [3.05, 3.63) is 18.7 Å². The summed E-state index contributed by atoms with van der Waals surface area (Å²) in [5.74, 6) is -0.130. The van der Waals surface area contributed by atoms with Gasteiger partial charge in [0.2, 0.25) is 5.91 Å². The zero-order valence-electron chi connectivity index (χ0n) is 8.44. The Kier molecular flexibility index (Phi) is 2.64. The van der Waals surface area contributed by atoms with Crippen molar-refractivity contribution in [2.24, 2.45) is 5.73 Å². The van der Waals surface area contributed by atoms with Crippen LogP contribution in [0.15, 0.2) is 18.7 Å². The van der Waals surface area contributed by atoms with E-state index in [1.54, 1.807) is 12.4 Å². The fourth-order valence-corrected chi connectivity index (χ4v) is 1.85. The zero-order valence-corrected chi connectivity index (χ0v) is 8.44. The van der Waals surface area contributed by atoms with E-state index >= 15 is 0 Å². The van der Waals surface area contributed by atoms with Gasteiger partial charge in [-0.2, -0.15) is 0 Å². The highest BCUT2D eigenvalue weighted by Gasteiger charge is 2.36. The third-order valence-electron chi connectivity index (χ3n) is 2.77. The molecular weight excluding hydrogens is 192 g/mol. The van der Waals surface area contributed by atoms with E-state index < -0.39 is 5.54 Å². The van der Waals surface area contributed by atoms with Crippen molar-refractivity contribution < 1.29 is 4.79 Å². The lowest BCUT2D eigenvalue weighted by Crippen LogP contribution is -2.48. The third kappa shape index (κ3) is 2.12. The van der Waals surface area contributed by atoms with Gasteiger partial charge in [0.05, 0.1) is 23.6 Å². The second kappa shape index (κ2) is 3.94. The van der Waals surface area contributed by atoms with Crippen molar-refractivity contribution in [2.75, 3.05) is 5.32 Å². The number of carbonyl (C=O) groups is 1. The standard InChI is InChI=1S/C10H14N4O/c11-10(3-1-2-4-10)9(15)14-8-5-12-7-13-6-8/h5-7H,1-4,11H2,(H,14,15). The Labute approximate surface area is 88.1 Å². The molecule has 1 amide bonds. The van der Waals surface area contributed by atoms with Gasteiger partial charge in [0.15, 0.2) is 0 Å². The van der Waals surface area contributed by atoms with Crippen LogP contribution in [0.1, 0.15) is 25.7 Å². The lowest BCUT2D eigenvalue weighted by atomic mass is 9.98. The average molecular weight is 206 g/mol. The zero-order chi connectivity index (χ0) is 10.7. The van der Waals surface area contributed by atoms with Gasteiger partial charge in [-0.25, -0.2) is 9.97 Å². The van der Waals surface area contributed by atoms with E-state index in [0.717, 1.165) is 25.7 Å². The second-order valence-electron chi connectivity index (χ2n) is 3.94. The Bertz CT molecular complexity index is 346. The smallest absolute Gasteiger partial charge is 0.244 e. The SMILES string of the molecule is NC1(C(=O)Nc2cncnc2)CCCC1. The summed E-state index contributed by atoms with van der Waals surface area (Å²) in [5, 5.41) is 2.74. The number of nitrogens with zero attached hydrogens (tertiary/aromatic N) is 2. The summed E-state index contributed by atoms with van der Waals surface area (Å²) in [6.07, 6.45) is 8.10. The van der Waals surface area contributed by atoms with Crippen molar-refractivity contribution >= 4 is 11.6 Å². The Morgan fingerprint density at radius 1 is 1.33 bits per heavy atom. The maximum absolute atomic E-state index is 11.8. The first-order valence-electron chi connectivity index (χ1n) is 5.06. The molecule has 0 atom stereocenters. The molecular formula is C10H14N4O. The third-order valence-corrected chi connectivity index (χ3v) is 2.77. The molecule has 1 heterocycles. The molecule has 0 saturated heterocycles. The van der Waals surface area contributed by atoms with Crippen LogP contribution in [0.25, 0.3) is 0 Å². The van der Waals surface area contributed by atoms with E-state index in [1.165, 1.54) is 6.33 Å². The lowest BCUT2D eigenvalue weighted by Gasteiger charge is -2.21. The van der Waals surface area contributed by atoms with Crippen molar-refractivity contribution in [3.63, 3.8) is 0 Å². The van der Waals surface area contributed by atoms with Crippen molar-refractivity contribution in [2.45, 2.75) is 31.2 Å². The minimum absolute atomic E-state index is 0.130. The first-order chi connectivity index (χ1) is 7.21. The van der Waals surface area contributed by atoms with Crippen LogP contribution >= 0.6 is 0 Å². The van der Waals surface area contributed by atoms with Crippen molar-refractivity contribution in [3.8, 4) is 0 Å². The molecule has 0 spiro atoms. The monoisotopic (exact) mass is 206 g/mol. The number of amides is 1. The van der Waals surface area contributed by atoms with Gasteiger partial charge < -0.3 is 11.1 Å². The predicted molar refractivity (Wildman–Crippen MR) is 56.0 cm³/mol. The molecule has 1 saturated carbocycles. The molecule has 0 unspecified atom stereocenters. The molecule has 1 aliphatic carbocycles. The molecule has 0 aromatic carbocycles. The maximum atomic E-state index is 11.8. The van der Waals surface area contributed by atoms with E-state index in [1.807, 2.05) is 0 Å². The highest BCUT2D eigenvalue weighted by molar-refractivity contribution is 5.97. The molecule has 0 radical (unpaired) electrons. The van der Waals surface area contributed by atoms with Crippen LogP contribution in [0.2, 0.25) is 0 Å². The summed E-state index contributed by atoms with van der Waals surface area (Å²) in [7, 11) is 0. The molecule has 0 aliphatic heterocycles. The number of rotatable bonds is 2. The molecule has 2 rings (SSSR count). The number of hydrogen-bond donors (Lipinski definition) is 2. The maximum Gasteiger partial charge on any atom is 0.244 e. The van der Waals surface area contributed by atoms with E-state index in [9.17, 15) is 4.79 Å². The number of aromatic nitrogens is 2. The molecule has 5 heteroatoms. The van der Waals surface area contributed by atoms with Crippen LogP contribution in [-0.2, 0) is 4.79 Å². The van der Waals surface area contributed by atoms with Gasteiger partial charge in [-0.05, 0) is 12.8 Å². The van der Waals surface area contributed by atoms with E-state index in [4.69, 9.17) is 5.73 Å². The Balaban J connectivity index is 2.04. The minimum Gasteiger partial charge on any atom is -0.322 e. The quantitative estimate of drug-likeness (QED) is 0.745. The molecule has 80 valence electrons. The van der Waals surface area contributed by atoms with Crippen LogP contribution in [0, 0.1) is 0 Å². The van der Waals surface area contributed by atoms with Crippen molar-refractivity contribution in [1.82, 2.24) is 9.97 Å². The van der Waals surface area contributed by atoms with Crippen LogP contribution in [0.5, 0.6) is 0 Å². The van der Waals surface area contributed by atoms with Crippen LogP contribution in [0.4, 0.5) is 5.69 Å². The summed E-state index contributed by atoms with van der Waals surface area (Å²) in [5.41, 5.74) is 5.90. The van der Waals surface area contributed by atoms with Crippen LogP contribution in [-0.4, -0.2) is 21.4 Å². The van der Waals surface area contributed by atoms with Gasteiger partial charge in [0.1, 0.15) is 6.33 Å². The molecule has 1 fully saturated rings. The summed E-state index contributed by atoms with van der Waals surface area (Å²) in [4.78, 5) is 19.5. The predicted octanol–water partition coefficient (Wildman–Crippen LogP) is 0.687. The Morgan fingerprint density at radius 3 is 2.53 bits per heavy atom. The second-order valence-corrected chi connectivity index (χ2v) is 3.94. The van der Waals surface area contributed by atoms with E-state index in [-0.39, 0.29) is 5.91 Å². The van der Waals surface area contributed by atoms with E-state index in [2.05, 4.69) is 15.3 Å². The normalized spacial score (nSPS) is 18.7. The topological polar surface area (TPSA) is 80.9 Å². The molecule has 1 aliphatic rings. The summed E-state index contributed by atoms with van der Waals surface area (Å²) >= 11 is 0. The molecule has 0 bridgehead atoms.